The van der Waals surface area contributed by atoms with Crippen molar-refractivity contribution in [2.24, 2.45) is 0 Å². The van der Waals surface area contributed by atoms with E-state index in [0.29, 0.717) is 12.6 Å². The highest BCUT2D eigenvalue weighted by Gasteiger charge is 2.28. The summed E-state index contributed by atoms with van der Waals surface area (Å²) < 4.78 is 5.82. The number of nitrogens with one attached hydrogen (secondary N) is 1. The number of morpholine rings is 1. The number of hydrogen-bond donors (Lipinski definition) is 1. The molecule has 0 aromatic heterocycles. The number of nitrogens with zero attached hydrogens (tertiary/aromatic N) is 3. The van der Waals surface area contributed by atoms with Gasteiger partial charge in [0.15, 0.2) is 0 Å². The molecule has 1 aromatic rings. The van der Waals surface area contributed by atoms with Crippen LogP contribution in [-0.4, -0.2) is 79.8 Å². The Balaban J connectivity index is 1.28. The quantitative estimate of drug-likeness (QED) is 0.796. The minimum atomic E-state index is 0.0969. The summed E-state index contributed by atoms with van der Waals surface area (Å²) in [4.78, 5) is 19.9. The second kappa shape index (κ2) is 9.45. The van der Waals surface area contributed by atoms with E-state index in [1.54, 1.807) is 0 Å². The summed E-state index contributed by atoms with van der Waals surface area (Å²) in [5.41, 5.74) is 2.07. The first-order chi connectivity index (χ1) is 14.1. The van der Waals surface area contributed by atoms with Crippen LogP contribution in [0.2, 0.25) is 0 Å². The fraction of sp³-hybridized carbons (Fsp3) is 0.696. The Morgan fingerprint density at radius 3 is 2.41 bits per heavy atom. The van der Waals surface area contributed by atoms with E-state index in [0.717, 1.165) is 31.9 Å². The molecule has 3 aliphatic rings. The largest absolute Gasteiger partial charge is 0.372 e. The zero-order valence-electron chi connectivity index (χ0n) is 18.0. The highest BCUT2D eigenvalue weighted by Crippen LogP contribution is 2.23. The summed E-state index contributed by atoms with van der Waals surface area (Å²) in [7, 11) is 0. The molecule has 0 radical (unpaired) electrons. The molecule has 3 fully saturated rings. The second-order valence-electron chi connectivity index (χ2n) is 9.03. The van der Waals surface area contributed by atoms with Crippen LogP contribution in [0.4, 0.5) is 11.4 Å². The number of hydrogen-bond acceptors (Lipinski definition) is 5. The summed E-state index contributed by atoms with van der Waals surface area (Å²) in [6.45, 7) is 11.2. The smallest absolute Gasteiger partial charge is 0.238 e. The molecule has 3 atom stereocenters. The summed E-state index contributed by atoms with van der Waals surface area (Å²) in [5.74, 6) is 0.0969. The number of carbonyl (C=O) groups is 1. The van der Waals surface area contributed by atoms with Crippen molar-refractivity contribution in [3.63, 3.8) is 0 Å². The molecular formula is C23H36N4O2. The summed E-state index contributed by atoms with van der Waals surface area (Å²) in [5, 5.41) is 3.09. The Morgan fingerprint density at radius 2 is 1.72 bits per heavy atom. The molecule has 1 N–H and O–H groups in total. The molecule has 1 aromatic carbocycles. The lowest BCUT2D eigenvalue weighted by molar-refractivity contribution is -0.117. The fourth-order valence-corrected chi connectivity index (χ4v) is 5.10. The van der Waals surface area contributed by atoms with E-state index in [1.165, 1.54) is 44.5 Å². The molecule has 3 unspecified atom stereocenters. The monoisotopic (exact) mass is 400 g/mol. The molecule has 0 spiro atoms. The predicted octanol–water partition coefficient (Wildman–Crippen LogP) is 2.80. The van der Waals surface area contributed by atoms with Gasteiger partial charge in [-0.15, -0.1) is 0 Å². The van der Waals surface area contributed by atoms with Gasteiger partial charge in [-0.2, -0.15) is 0 Å². The van der Waals surface area contributed by atoms with Crippen LogP contribution in [0.25, 0.3) is 0 Å². The van der Waals surface area contributed by atoms with Crippen molar-refractivity contribution in [2.75, 3.05) is 56.0 Å². The average molecular weight is 401 g/mol. The standard InChI is InChI=1S/C23H36N4O2/c1-18-14-27(15-19(2)29-18)21-9-7-20(8-10-21)24-23(28)17-26-13-5-6-22(26)16-25-11-3-4-12-25/h7-10,18-19,22H,3-6,11-17H2,1-2H3,(H,24,28). The second-order valence-corrected chi connectivity index (χ2v) is 9.03. The van der Waals surface area contributed by atoms with Crippen LogP contribution in [0.15, 0.2) is 24.3 Å². The Kier molecular flexibility index (Phi) is 6.73. The van der Waals surface area contributed by atoms with Gasteiger partial charge in [0.1, 0.15) is 0 Å². The number of ether oxygens (including phenoxy) is 1. The number of amides is 1. The normalized spacial score (nSPS) is 28.8. The Bertz CT molecular complexity index is 664. The summed E-state index contributed by atoms with van der Waals surface area (Å²) in [6.07, 6.45) is 5.56. The van der Waals surface area contributed by atoms with Crippen molar-refractivity contribution < 1.29 is 9.53 Å². The van der Waals surface area contributed by atoms with Crippen LogP contribution in [0.1, 0.15) is 39.5 Å². The van der Waals surface area contributed by atoms with Gasteiger partial charge in [0.05, 0.1) is 18.8 Å². The SMILES string of the molecule is CC1CN(c2ccc(NC(=O)CN3CCCC3CN3CCCC3)cc2)CC(C)O1. The van der Waals surface area contributed by atoms with E-state index in [-0.39, 0.29) is 18.1 Å². The molecule has 3 heterocycles. The van der Waals surface area contributed by atoms with Gasteiger partial charge >= 0.3 is 0 Å². The first kappa shape index (κ1) is 20.6. The van der Waals surface area contributed by atoms with Gasteiger partial charge in [-0.05, 0) is 83.4 Å². The number of rotatable bonds is 6. The molecule has 160 valence electrons. The molecule has 4 rings (SSSR count). The van der Waals surface area contributed by atoms with E-state index in [2.05, 4.69) is 46.0 Å². The van der Waals surface area contributed by atoms with E-state index in [4.69, 9.17) is 4.74 Å². The third kappa shape index (κ3) is 5.50. The number of carbonyl (C=O) groups excluding carboxylic acids is 1. The van der Waals surface area contributed by atoms with Crippen LogP contribution in [0, 0.1) is 0 Å². The number of benzene rings is 1. The highest BCUT2D eigenvalue weighted by molar-refractivity contribution is 5.92. The van der Waals surface area contributed by atoms with E-state index in [1.807, 2.05) is 12.1 Å². The van der Waals surface area contributed by atoms with Crippen molar-refractivity contribution >= 4 is 17.3 Å². The molecule has 3 aliphatic heterocycles. The maximum Gasteiger partial charge on any atom is 0.238 e. The van der Waals surface area contributed by atoms with E-state index in [9.17, 15) is 4.79 Å². The zero-order valence-corrected chi connectivity index (χ0v) is 18.0. The lowest BCUT2D eigenvalue weighted by Crippen LogP contribution is -2.45. The molecule has 3 saturated heterocycles. The van der Waals surface area contributed by atoms with Crippen LogP contribution in [0.3, 0.4) is 0 Å². The Labute approximate surface area is 175 Å². The lowest BCUT2D eigenvalue weighted by atomic mass is 10.2. The van der Waals surface area contributed by atoms with Crippen molar-refractivity contribution in [1.29, 1.82) is 0 Å². The maximum atomic E-state index is 12.6. The highest BCUT2D eigenvalue weighted by atomic mass is 16.5. The van der Waals surface area contributed by atoms with Crippen LogP contribution in [-0.2, 0) is 9.53 Å². The van der Waals surface area contributed by atoms with E-state index >= 15 is 0 Å². The van der Waals surface area contributed by atoms with Crippen molar-refractivity contribution in [3.05, 3.63) is 24.3 Å². The number of anilines is 2. The molecule has 1 amide bonds. The minimum Gasteiger partial charge on any atom is -0.372 e. The number of likely N-dealkylation sites (tertiary alicyclic amines) is 2. The first-order valence-corrected chi connectivity index (χ1v) is 11.3. The zero-order chi connectivity index (χ0) is 20.2. The van der Waals surface area contributed by atoms with Gasteiger partial charge in [-0.25, -0.2) is 0 Å². The van der Waals surface area contributed by atoms with Gasteiger partial charge in [0.2, 0.25) is 5.91 Å². The Morgan fingerprint density at radius 1 is 1.03 bits per heavy atom. The van der Waals surface area contributed by atoms with Gasteiger partial charge < -0.3 is 19.9 Å². The minimum absolute atomic E-state index is 0.0969. The summed E-state index contributed by atoms with van der Waals surface area (Å²) in [6, 6.07) is 8.78. The summed E-state index contributed by atoms with van der Waals surface area (Å²) >= 11 is 0. The Hall–Kier alpha value is -1.63. The average Bonchev–Trinajstić information content (AvgIpc) is 3.34. The molecular weight excluding hydrogens is 364 g/mol. The third-order valence-electron chi connectivity index (χ3n) is 6.45. The first-order valence-electron chi connectivity index (χ1n) is 11.3. The van der Waals surface area contributed by atoms with Gasteiger partial charge in [0, 0.05) is 37.1 Å². The van der Waals surface area contributed by atoms with Gasteiger partial charge in [-0.1, -0.05) is 0 Å². The lowest BCUT2D eigenvalue weighted by Gasteiger charge is -2.36. The fourth-order valence-electron chi connectivity index (χ4n) is 5.10. The molecule has 0 aliphatic carbocycles. The topological polar surface area (TPSA) is 48.1 Å². The van der Waals surface area contributed by atoms with Gasteiger partial charge in [-0.3, -0.25) is 9.69 Å². The predicted molar refractivity (Wildman–Crippen MR) is 118 cm³/mol. The third-order valence-corrected chi connectivity index (χ3v) is 6.45. The molecule has 6 nitrogen and oxygen atoms in total. The molecule has 0 bridgehead atoms. The van der Waals surface area contributed by atoms with Crippen molar-refractivity contribution in [1.82, 2.24) is 9.80 Å². The molecule has 0 saturated carbocycles. The molecule has 29 heavy (non-hydrogen) atoms. The van der Waals surface area contributed by atoms with Crippen molar-refractivity contribution in [3.8, 4) is 0 Å². The molecule has 6 heteroatoms. The van der Waals surface area contributed by atoms with Crippen LogP contribution < -0.4 is 10.2 Å². The van der Waals surface area contributed by atoms with Crippen molar-refractivity contribution in [2.45, 2.75) is 57.8 Å². The van der Waals surface area contributed by atoms with Gasteiger partial charge in [0.25, 0.3) is 0 Å². The van der Waals surface area contributed by atoms with Crippen LogP contribution >= 0.6 is 0 Å². The van der Waals surface area contributed by atoms with Crippen LogP contribution in [0.5, 0.6) is 0 Å². The maximum absolute atomic E-state index is 12.6. The van der Waals surface area contributed by atoms with E-state index < -0.39 is 0 Å².